The molecule has 0 aliphatic rings. The number of hydrogen-bond acceptors (Lipinski definition) is 3. The first-order valence-corrected chi connectivity index (χ1v) is 10.7. The van der Waals surface area contributed by atoms with E-state index >= 15 is 0 Å². The molecule has 0 atom stereocenters. The SMILES string of the molecule is Br.CCCCCCCCCC[N+](C)(C)CCOCCOC(=O)c1ccccc1. The lowest BCUT2D eigenvalue weighted by atomic mass is 10.1. The third kappa shape index (κ3) is 14.1. The Morgan fingerprint density at radius 1 is 0.821 bits per heavy atom. The maximum absolute atomic E-state index is 11.8. The number of carbonyl (C=O) groups is 1. The molecule has 0 saturated carbocycles. The van der Waals surface area contributed by atoms with Crippen molar-refractivity contribution in [2.75, 3.05) is 47.0 Å². The number of unbranched alkanes of at least 4 members (excludes halogenated alkanes) is 7. The molecule has 1 rings (SSSR count). The van der Waals surface area contributed by atoms with Crippen LogP contribution < -0.4 is 0 Å². The Morgan fingerprint density at radius 2 is 1.43 bits per heavy atom. The summed E-state index contributed by atoms with van der Waals surface area (Å²) in [5, 5.41) is 0. The van der Waals surface area contributed by atoms with Crippen LogP contribution in [0, 0.1) is 0 Å². The van der Waals surface area contributed by atoms with Crippen LogP contribution in [-0.2, 0) is 9.47 Å². The van der Waals surface area contributed by atoms with E-state index in [0.717, 1.165) is 11.0 Å². The van der Waals surface area contributed by atoms with Gasteiger partial charge in [-0.25, -0.2) is 4.79 Å². The molecule has 1 aromatic rings. The first kappa shape index (κ1) is 27.1. The summed E-state index contributed by atoms with van der Waals surface area (Å²) in [6.07, 6.45) is 10.9. The van der Waals surface area contributed by atoms with Gasteiger partial charge in [0.15, 0.2) is 0 Å². The molecular weight excluding hydrogens is 418 g/mol. The molecule has 162 valence electrons. The van der Waals surface area contributed by atoms with Crippen molar-refractivity contribution in [3.8, 4) is 0 Å². The number of rotatable bonds is 16. The Hall–Kier alpha value is -0.910. The van der Waals surface area contributed by atoms with Crippen molar-refractivity contribution in [2.24, 2.45) is 0 Å². The second kappa shape index (κ2) is 17.0. The van der Waals surface area contributed by atoms with Crippen molar-refractivity contribution in [3.63, 3.8) is 0 Å². The molecule has 0 radical (unpaired) electrons. The van der Waals surface area contributed by atoms with Crippen molar-refractivity contribution >= 4 is 23.0 Å². The van der Waals surface area contributed by atoms with Crippen molar-refractivity contribution < 1.29 is 18.8 Å². The molecule has 1 aromatic carbocycles. The first-order valence-electron chi connectivity index (χ1n) is 10.7. The lowest BCUT2D eigenvalue weighted by molar-refractivity contribution is -0.891. The highest BCUT2D eigenvalue weighted by Gasteiger charge is 2.14. The van der Waals surface area contributed by atoms with Crippen LogP contribution in [0.2, 0.25) is 0 Å². The van der Waals surface area contributed by atoms with Gasteiger partial charge in [0.25, 0.3) is 0 Å². The van der Waals surface area contributed by atoms with Gasteiger partial charge in [0, 0.05) is 0 Å². The standard InChI is InChI=1S/C23H40NO3.BrH/c1-4-5-6-7-8-9-10-14-17-24(2,3)18-19-26-20-21-27-23(25)22-15-12-11-13-16-22;/h11-13,15-16H,4-10,14,17-21H2,1-3H3;1H/q+1;. The molecular formula is C23H41BrNO3+. The molecule has 5 heteroatoms. The van der Waals surface area contributed by atoms with Crippen molar-refractivity contribution in [1.82, 2.24) is 0 Å². The van der Waals surface area contributed by atoms with E-state index in [2.05, 4.69) is 21.0 Å². The van der Waals surface area contributed by atoms with Crippen LogP contribution in [-0.4, -0.2) is 57.5 Å². The second-order valence-electron chi connectivity index (χ2n) is 7.97. The van der Waals surface area contributed by atoms with Gasteiger partial charge in [0.2, 0.25) is 0 Å². The van der Waals surface area contributed by atoms with Gasteiger partial charge in [-0.1, -0.05) is 63.6 Å². The van der Waals surface area contributed by atoms with E-state index < -0.39 is 0 Å². The van der Waals surface area contributed by atoms with E-state index in [1.807, 2.05) is 18.2 Å². The predicted molar refractivity (Wildman–Crippen MR) is 122 cm³/mol. The first-order chi connectivity index (χ1) is 13.0. The highest BCUT2D eigenvalue weighted by atomic mass is 79.9. The van der Waals surface area contributed by atoms with Gasteiger partial charge in [0.1, 0.15) is 13.2 Å². The molecule has 0 heterocycles. The normalized spacial score (nSPS) is 11.1. The Kier molecular flexibility index (Phi) is 16.4. The molecule has 0 fully saturated rings. The van der Waals surface area contributed by atoms with Crippen LogP contribution in [0.3, 0.4) is 0 Å². The Balaban J connectivity index is 0.00000729. The van der Waals surface area contributed by atoms with Crippen LogP contribution in [0.5, 0.6) is 0 Å². The van der Waals surface area contributed by atoms with Gasteiger partial charge in [-0.15, -0.1) is 17.0 Å². The molecule has 0 N–H and O–H groups in total. The zero-order valence-electron chi connectivity index (χ0n) is 18.2. The number of esters is 1. The third-order valence-corrected chi connectivity index (χ3v) is 4.93. The van der Waals surface area contributed by atoms with E-state index in [0.29, 0.717) is 25.4 Å². The predicted octanol–water partition coefficient (Wildman–Crippen LogP) is 5.66. The number of halogens is 1. The lowest BCUT2D eigenvalue weighted by Gasteiger charge is -2.29. The van der Waals surface area contributed by atoms with E-state index in [1.54, 1.807) is 12.1 Å². The van der Waals surface area contributed by atoms with Crippen LogP contribution in [0.25, 0.3) is 0 Å². The number of ether oxygens (including phenoxy) is 2. The number of nitrogens with zero attached hydrogens (tertiary/aromatic N) is 1. The quantitative estimate of drug-likeness (QED) is 0.182. The monoisotopic (exact) mass is 458 g/mol. The van der Waals surface area contributed by atoms with E-state index in [1.165, 1.54) is 57.9 Å². The van der Waals surface area contributed by atoms with E-state index in [-0.39, 0.29) is 23.0 Å². The zero-order chi connectivity index (χ0) is 19.8. The Labute approximate surface area is 183 Å². The summed E-state index contributed by atoms with van der Waals surface area (Å²) in [6, 6.07) is 9.06. The maximum atomic E-state index is 11.8. The van der Waals surface area contributed by atoms with E-state index in [9.17, 15) is 4.79 Å². The molecule has 0 unspecified atom stereocenters. The molecule has 28 heavy (non-hydrogen) atoms. The summed E-state index contributed by atoms with van der Waals surface area (Å²) in [6.45, 7) is 5.91. The Morgan fingerprint density at radius 3 is 2.07 bits per heavy atom. The number of hydrogen-bond donors (Lipinski definition) is 0. The summed E-state index contributed by atoms with van der Waals surface area (Å²) in [4.78, 5) is 11.8. The largest absolute Gasteiger partial charge is 0.460 e. The summed E-state index contributed by atoms with van der Waals surface area (Å²) < 4.78 is 11.8. The zero-order valence-corrected chi connectivity index (χ0v) is 19.9. The number of likely N-dealkylation sites (N-methyl/N-ethyl adjacent to an activating group) is 1. The van der Waals surface area contributed by atoms with Crippen LogP contribution in [0.15, 0.2) is 30.3 Å². The smallest absolute Gasteiger partial charge is 0.338 e. The molecule has 0 spiro atoms. The molecule has 0 saturated heterocycles. The highest BCUT2D eigenvalue weighted by Crippen LogP contribution is 2.10. The second-order valence-corrected chi connectivity index (χ2v) is 7.97. The lowest BCUT2D eigenvalue weighted by Crippen LogP contribution is -2.43. The number of carbonyl (C=O) groups excluding carboxylic acids is 1. The van der Waals surface area contributed by atoms with Gasteiger partial charge >= 0.3 is 5.97 Å². The molecule has 0 aromatic heterocycles. The van der Waals surface area contributed by atoms with E-state index in [4.69, 9.17) is 9.47 Å². The van der Waals surface area contributed by atoms with Crippen LogP contribution >= 0.6 is 17.0 Å². The summed E-state index contributed by atoms with van der Waals surface area (Å²) >= 11 is 0. The maximum Gasteiger partial charge on any atom is 0.338 e. The topological polar surface area (TPSA) is 35.5 Å². The molecule has 0 aliphatic heterocycles. The average molecular weight is 459 g/mol. The number of quaternary nitrogens is 1. The number of benzene rings is 1. The molecule has 0 aliphatic carbocycles. The minimum atomic E-state index is -0.287. The van der Waals surface area contributed by atoms with Crippen LogP contribution in [0.4, 0.5) is 0 Å². The average Bonchev–Trinajstić information content (AvgIpc) is 2.67. The van der Waals surface area contributed by atoms with Gasteiger partial charge in [-0.05, 0) is 25.0 Å². The Bertz CT molecular complexity index is 494. The fourth-order valence-electron chi connectivity index (χ4n) is 3.05. The van der Waals surface area contributed by atoms with Gasteiger partial charge in [-0.2, -0.15) is 0 Å². The van der Waals surface area contributed by atoms with Gasteiger partial charge in [-0.3, -0.25) is 0 Å². The van der Waals surface area contributed by atoms with Crippen molar-refractivity contribution in [1.29, 1.82) is 0 Å². The minimum absolute atomic E-state index is 0. The summed E-state index contributed by atoms with van der Waals surface area (Å²) in [5.41, 5.74) is 0.584. The summed E-state index contributed by atoms with van der Waals surface area (Å²) in [7, 11) is 4.53. The molecule has 4 nitrogen and oxygen atoms in total. The third-order valence-electron chi connectivity index (χ3n) is 4.93. The summed E-state index contributed by atoms with van der Waals surface area (Å²) in [5.74, 6) is -0.287. The van der Waals surface area contributed by atoms with Gasteiger partial charge in [0.05, 0.1) is 39.4 Å². The van der Waals surface area contributed by atoms with Crippen molar-refractivity contribution in [3.05, 3.63) is 35.9 Å². The fourth-order valence-corrected chi connectivity index (χ4v) is 3.05. The fraction of sp³-hybridized carbons (Fsp3) is 0.696. The molecule has 0 bridgehead atoms. The highest BCUT2D eigenvalue weighted by molar-refractivity contribution is 8.93. The van der Waals surface area contributed by atoms with Crippen molar-refractivity contribution in [2.45, 2.75) is 58.3 Å². The minimum Gasteiger partial charge on any atom is -0.460 e. The van der Waals surface area contributed by atoms with Crippen LogP contribution in [0.1, 0.15) is 68.6 Å². The molecule has 0 amide bonds. The van der Waals surface area contributed by atoms with Gasteiger partial charge < -0.3 is 14.0 Å².